The average molecular weight is 308 g/mol. The van der Waals surface area contributed by atoms with Crippen molar-refractivity contribution in [1.29, 1.82) is 0 Å². The van der Waals surface area contributed by atoms with Crippen LogP contribution < -0.4 is 4.90 Å². The van der Waals surface area contributed by atoms with E-state index in [0.29, 0.717) is 23.7 Å². The largest absolute Gasteiger partial charge is 0.393 e. The fraction of sp³-hybridized carbons (Fsp3) is 0.583. The molecule has 110 valence electrons. The summed E-state index contributed by atoms with van der Waals surface area (Å²) in [6.07, 6.45) is 4.65. The summed E-state index contributed by atoms with van der Waals surface area (Å²) in [6.45, 7) is 1.60. The van der Waals surface area contributed by atoms with Gasteiger partial charge >= 0.3 is 0 Å². The molecule has 2 aromatic heterocycles. The van der Waals surface area contributed by atoms with Gasteiger partial charge in [-0.1, -0.05) is 0 Å². The molecule has 0 radical (unpaired) electrons. The van der Waals surface area contributed by atoms with E-state index in [9.17, 15) is 5.11 Å². The maximum absolute atomic E-state index is 10.00. The number of aliphatic hydroxyl groups is 1. The van der Waals surface area contributed by atoms with E-state index in [1.165, 1.54) is 17.3 Å². The van der Waals surface area contributed by atoms with Gasteiger partial charge in [0.1, 0.15) is 12.7 Å². The Balaban J connectivity index is 1.64. The molecule has 2 aromatic rings. The van der Waals surface area contributed by atoms with Crippen molar-refractivity contribution in [1.82, 2.24) is 29.7 Å². The zero-order chi connectivity index (χ0) is 14.4. The summed E-state index contributed by atoms with van der Waals surface area (Å²) in [4.78, 5) is 18.6. The van der Waals surface area contributed by atoms with Crippen LogP contribution in [-0.4, -0.2) is 54.0 Å². The third-order valence-electron chi connectivity index (χ3n) is 4.31. The maximum atomic E-state index is 10.00. The molecule has 1 saturated carbocycles. The number of fused-ring (bicyclic) bond motifs is 1. The Bertz CT molecular complexity index is 649. The molecule has 3 heterocycles. The molecule has 21 heavy (non-hydrogen) atoms. The van der Waals surface area contributed by atoms with Gasteiger partial charge in [-0.3, -0.25) is 0 Å². The molecule has 0 amide bonds. The van der Waals surface area contributed by atoms with Gasteiger partial charge in [-0.05, 0) is 30.4 Å². The van der Waals surface area contributed by atoms with E-state index in [1.54, 1.807) is 0 Å². The molecular weight excluding hydrogens is 294 g/mol. The van der Waals surface area contributed by atoms with E-state index in [1.807, 2.05) is 0 Å². The predicted molar refractivity (Wildman–Crippen MR) is 74.2 cm³/mol. The van der Waals surface area contributed by atoms with Crippen molar-refractivity contribution < 1.29 is 5.11 Å². The van der Waals surface area contributed by atoms with E-state index in [4.69, 9.17) is 11.6 Å². The molecule has 3 unspecified atom stereocenters. The Morgan fingerprint density at radius 3 is 2.76 bits per heavy atom. The second kappa shape index (κ2) is 4.88. The van der Waals surface area contributed by atoms with Gasteiger partial charge in [0.15, 0.2) is 0 Å². The van der Waals surface area contributed by atoms with Crippen molar-refractivity contribution in [3.05, 3.63) is 17.9 Å². The number of anilines is 1. The van der Waals surface area contributed by atoms with Gasteiger partial charge in [-0.15, -0.1) is 0 Å². The number of hydrogen-bond acceptors (Lipinski definition) is 7. The molecular formula is C12H14ClN7O. The SMILES string of the molecule is OC1CCC2CN(c3nc(Cl)nc(-n4cncn4)n3)CC12. The fourth-order valence-electron chi connectivity index (χ4n) is 3.28. The summed E-state index contributed by atoms with van der Waals surface area (Å²) >= 11 is 5.99. The molecule has 1 N–H and O–H groups in total. The molecule has 0 aromatic carbocycles. The topological polar surface area (TPSA) is 92.8 Å². The summed E-state index contributed by atoms with van der Waals surface area (Å²) < 4.78 is 1.45. The van der Waals surface area contributed by atoms with Crippen LogP contribution in [0.15, 0.2) is 12.7 Å². The molecule has 1 aliphatic heterocycles. The second-order valence-electron chi connectivity index (χ2n) is 5.52. The monoisotopic (exact) mass is 307 g/mol. The first-order valence-electron chi connectivity index (χ1n) is 6.90. The average Bonchev–Trinajstić information content (AvgIpc) is 3.17. The number of aliphatic hydroxyl groups excluding tert-OH is 1. The summed E-state index contributed by atoms with van der Waals surface area (Å²) in [5.41, 5.74) is 0. The summed E-state index contributed by atoms with van der Waals surface area (Å²) in [5, 5.41) is 14.1. The van der Waals surface area contributed by atoms with Crippen LogP contribution in [-0.2, 0) is 0 Å². The highest BCUT2D eigenvalue weighted by Gasteiger charge is 2.42. The molecule has 8 nitrogen and oxygen atoms in total. The van der Waals surface area contributed by atoms with Crippen molar-refractivity contribution in [2.75, 3.05) is 18.0 Å². The summed E-state index contributed by atoms with van der Waals surface area (Å²) in [6, 6.07) is 0. The van der Waals surface area contributed by atoms with E-state index in [-0.39, 0.29) is 11.4 Å². The van der Waals surface area contributed by atoms with Crippen molar-refractivity contribution in [2.24, 2.45) is 11.8 Å². The summed E-state index contributed by atoms with van der Waals surface area (Å²) in [5.74, 6) is 1.68. The smallest absolute Gasteiger partial charge is 0.258 e. The van der Waals surface area contributed by atoms with Gasteiger partial charge in [0.2, 0.25) is 11.2 Å². The van der Waals surface area contributed by atoms with Crippen LogP contribution in [0.4, 0.5) is 5.95 Å². The van der Waals surface area contributed by atoms with Gasteiger partial charge in [0, 0.05) is 19.0 Å². The third kappa shape index (κ3) is 2.24. The number of hydrogen-bond donors (Lipinski definition) is 1. The normalized spacial score (nSPS) is 28.1. The van der Waals surface area contributed by atoms with Crippen LogP contribution in [0.1, 0.15) is 12.8 Å². The number of nitrogens with zero attached hydrogens (tertiary/aromatic N) is 7. The van der Waals surface area contributed by atoms with Crippen LogP contribution in [0, 0.1) is 11.8 Å². The molecule has 3 atom stereocenters. The lowest BCUT2D eigenvalue weighted by Crippen LogP contribution is -2.26. The maximum Gasteiger partial charge on any atom is 0.258 e. The Hall–Kier alpha value is -1.80. The summed E-state index contributed by atoms with van der Waals surface area (Å²) in [7, 11) is 0. The van der Waals surface area contributed by atoms with Gasteiger partial charge in [-0.2, -0.15) is 24.7 Å². The van der Waals surface area contributed by atoms with Crippen LogP contribution in [0.2, 0.25) is 5.28 Å². The Morgan fingerprint density at radius 2 is 2.00 bits per heavy atom. The van der Waals surface area contributed by atoms with Crippen molar-refractivity contribution >= 4 is 17.5 Å². The molecule has 1 saturated heterocycles. The highest BCUT2D eigenvalue weighted by atomic mass is 35.5. The van der Waals surface area contributed by atoms with E-state index in [0.717, 1.165) is 25.9 Å². The van der Waals surface area contributed by atoms with Crippen molar-refractivity contribution in [2.45, 2.75) is 18.9 Å². The Kier molecular flexibility index (Phi) is 3.00. The number of rotatable bonds is 2. The second-order valence-corrected chi connectivity index (χ2v) is 5.86. The highest BCUT2D eigenvalue weighted by Crippen LogP contribution is 2.39. The molecule has 4 rings (SSSR count). The zero-order valence-electron chi connectivity index (χ0n) is 11.2. The molecule has 2 aliphatic rings. The quantitative estimate of drug-likeness (QED) is 0.853. The fourth-order valence-corrected chi connectivity index (χ4v) is 3.44. The van der Waals surface area contributed by atoms with Gasteiger partial charge in [0.05, 0.1) is 6.10 Å². The Morgan fingerprint density at radius 1 is 1.14 bits per heavy atom. The van der Waals surface area contributed by atoms with Crippen LogP contribution in [0.25, 0.3) is 5.95 Å². The zero-order valence-corrected chi connectivity index (χ0v) is 11.9. The third-order valence-corrected chi connectivity index (χ3v) is 4.48. The minimum absolute atomic E-state index is 0.128. The van der Waals surface area contributed by atoms with E-state index >= 15 is 0 Å². The Labute approximate surface area is 125 Å². The van der Waals surface area contributed by atoms with Crippen LogP contribution >= 0.6 is 11.6 Å². The molecule has 1 aliphatic carbocycles. The minimum Gasteiger partial charge on any atom is -0.393 e. The lowest BCUT2D eigenvalue weighted by Gasteiger charge is -2.18. The van der Waals surface area contributed by atoms with Gasteiger partial charge in [-0.25, -0.2) is 4.98 Å². The van der Waals surface area contributed by atoms with Crippen LogP contribution in [0.5, 0.6) is 0 Å². The van der Waals surface area contributed by atoms with Crippen LogP contribution in [0.3, 0.4) is 0 Å². The van der Waals surface area contributed by atoms with E-state index < -0.39 is 0 Å². The number of aromatic nitrogens is 6. The van der Waals surface area contributed by atoms with E-state index in [2.05, 4.69) is 29.9 Å². The first-order chi connectivity index (χ1) is 10.2. The first-order valence-corrected chi connectivity index (χ1v) is 7.28. The molecule has 0 bridgehead atoms. The van der Waals surface area contributed by atoms with Gasteiger partial charge in [0.25, 0.3) is 5.95 Å². The van der Waals surface area contributed by atoms with Crippen molar-refractivity contribution in [3.63, 3.8) is 0 Å². The first kappa shape index (κ1) is 12.9. The molecule has 0 spiro atoms. The lowest BCUT2D eigenvalue weighted by molar-refractivity contribution is 0.133. The van der Waals surface area contributed by atoms with Gasteiger partial charge < -0.3 is 10.0 Å². The highest BCUT2D eigenvalue weighted by molar-refractivity contribution is 6.28. The van der Waals surface area contributed by atoms with Crippen molar-refractivity contribution in [3.8, 4) is 5.95 Å². The lowest BCUT2D eigenvalue weighted by atomic mass is 10.00. The molecule has 2 fully saturated rings. The molecule has 9 heteroatoms. The minimum atomic E-state index is -0.216. The number of halogens is 1. The predicted octanol–water partition coefficient (Wildman–Crippen LogP) is 0.313. The standard InChI is InChI=1S/C12H14ClN7O/c13-10-16-11(18-12(17-10)20-6-14-5-15-20)19-3-7-1-2-9(21)8(7)4-19/h5-9,21H,1-4H2.